The van der Waals surface area contributed by atoms with Crippen LogP contribution in [0.15, 0.2) is 29.2 Å². The number of aliphatic hydroxyl groups is 1. The number of rotatable bonds is 4. The highest BCUT2D eigenvalue weighted by molar-refractivity contribution is 7.89. The first-order valence-corrected chi connectivity index (χ1v) is 9.74. The molecule has 4 nitrogen and oxygen atoms in total. The van der Waals surface area contributed by atoms with E-state index in [-0.39, 0.29) is 10.8 Å². The molecule has 3 unspecified atom stereocenters. The second-order valence-electron chi connectivity index (χ2n) is 6.64. The fourth-order valence-electron chi connectivity index (χ4n) is 3.71. The molecule has 3 rings (SSSR count). The van der Waals surface area contributed by atoms with Gasteiger partial charge in [-0.15, -0.1) is 11.6 Å². The number of hydrogen-bond acceptors (Lipinski definition) is 3. The Kier molecular flexibility index (Phi) is 4.27. The maximum Gasteiger partial charge on any atom is 0.238 e. The zero-order chi connectivity index (χ0) is 16.0. The Balaban J connectivity index is 1.72. The Labute approximate surface area is 136 Å². The Morgan fingerprint density at radius 3 is 2.32 bits per heavy atom. The zero-order valence-electron chi connectivity index (χ0n) is 12.4. The van der Waals surface area contributed by atoms with Gasteiger partial charge in [0.25, 0.3) is 0 Å². The summed E-state index contributed by atoms with van der Waals surface area (Å²) in [6.07, 6.45) is 5.93. The van der Waals surface area contributed by atoms with Crippen LogP contribution in [0.2, 0.25) is 0 Å². The fraction of sp³-hybridized carbons (Fsp3) is 0.625. The molecule has 22 heavy (non-hydrogen) atoms. The lowest BCUT2D eigenvalue weighted by Crippen LogP contribution is -2.34. The van der Waals surface area contributed by atoms with Crippen LogP contribution in [0.1, 0.15) is 50.0 Å². The average molecular weight is 344 g/mol. The summed E-state index contributed by atoms with van der Waals surface area (Å²) in [5.74, 6) is 0.376. The van der Waals surface area contributed by atoms with Crippen molar-refractivity contribution in [2.75, 3.05) is 0 Å². The Morgan fingerprint density at radius 2 is 1.77 bits per heavy atom. The molecule has 1 aromatic rings. The first-order chi connectivity index (χ1) is 10.3. The van der Waals surface area contributed by atoms with Gasteiger partial charge in [-0.25, -0.2) is 13.6 Å². The number of sulfonamides is 1. The summed E-state index contributed by atoms with van der Waals surface area (Å²) < 4.78 is 22.6. The van der Waals surface area contributed by atoms with Gasteiger partial charge in [-0.05, 0) is 42.9 Å². The first kappa shape index (κ1) is 16.2. The van der Waals surface area contributed by atoms with Gasteiger partial charge in [0.15, 0.2) is 0 Å². The molecule has 0 radical (unpaired) electrons. The third kappa shape index (κ3) is 3.04. The van der Waals surface area contributed by atoms with Crippen LogP contribution in [0.4, 0.5) is 0 Å². The van der Waals surface area contributed by atoms with E-state index in [0.29, 0.717) is 5.92 Å². The van der Waals surface area contributed by atoms with E-state index in [0.717, 1.165) is 24.8 Å². The number of benzene rings is 1. The summed E-state index contributed by atoms with van der Waals surface area (Å²) in [7, 11) is -3.67. The molecule has 2 saturated carbocycles. The van der Waals surface area contributed by atoms with Crippen molar-refractivity contribution in [1.82, 2.24) is 0 Å². The average Bonchev–Trinajstić information content (AvgIpc) is 3.20. The fourth-order valence-corrected chi connectivity index (χ4v) is 4.68. The summed E-state index contributed by atoms with van der Waals surface area (Å²) in [5.41, 5.74) is 0.970. The van der Waals surface area contributed by atoms with Crippen molar-refractivity contribution in [2.24, 2.45) is 11.1 Å². The molecule has 0 spiro atoms. The third-order valence-corrected chi connectivity index (χ3v) is 6.71. The van der Waals surface area contributed by atoms with Gasteiger partial charge in [-0.2, -0.15) is 0 Å². The van der Waals surface area contributed by atoms with Crippen molar-refractivity contribution in [3.63, 3.8) is 0 Å². The quantitative estimate of drug-likeness (QED) is 0.825. The van der Waals surface area contributed by atoms with Crippen LogP contribution >= 0.6 is 11.6 Å². The highest BCUT2D eigenvalue weighted by Crippen LogP contribution is 2.60. The summed E-state index contributed by atoms with van der Waals surface area (Å²) in [6, 6.07) is 6.52. The lowest BCUT2D eigenvalue weighted by Gasteiger charge is -2.30. The second kappa shape index (κ2) is 5.78. The van der Waals surface area contributed by atoms with E-state index in [4.69, 9.17) is 16.7 Å². The van der Waals surface area contributed by atoms with E-state index in [1.165, 1.54) is 31.4 Å². The molecule has 1 aromatic carbocycles. The van der Waals surface area contributed by atoms with E-state index in [1.807, 2.05) is 0 Å². The van der Waals surface area contributed by atoms with Crippen molar-refractivity contribution < 1.29 is 13.5 Å². The summed E-state index contributed by atoms with van der Waals surface area (Å²) >= 11 is 6.67. The molecule has 2 fully saturated rings. The van der Waals surface area contributed by atoms with Gasteiger partial charge < -0.3 is 5.11 Å². The van der Waals surface area contributed by atoms with Crippen LogP contribution in [0.3, 0.4) is 0 Å². The number of halogens is 1. The third-order valence-electron chi connectivity index (χ3n) is 5.14. The molecule has 0 aromatic heterocycles. The zero-order valence-corrected chi connectivity index (χ0v) is 14.0. The predicted molar refractivity (Wildman–Crippen MR) is 86.3 cm³/mol. The van der Waals surface area contributed by atoms with E-state index < -0.39 is 21.0 Å². The predicted octanol–water partition coefficient (Wildman–Crippen LogP) is 2.74. The van der Waals surface area contributed by atoms with Crippen molar-refractivity contribution in [3.05, 3.63) is 29.8 Å². The standard InChI is InChI=1S/C16H22ClNO3S/c17-16(15(19)12-4-2-1-3-5-12)10-14(16)11-6-8-13(9-7-11)22(18,20)21/h6-9,12,14-15,19H,1-5,10H2,(H2,18,20,21). The minimum Gasteiger partial charge on any atom is -0.391 e. The van der Waals surface area contributed by atoms with Gasteiger partial charge in [0.1, 0.15) is 0 Å². The van der Waals surface area contributed by atoms with Gasteiger partial charge >= 0.3 is 0 Å². The Bertz CT molecular complexity index is 640. The van der Waals surface area contributed by atoms with Gasteiger partial charge in [0, 0.05) is 5.92 Å². The van der Waals surface area contributed by atoms with E-state index >= 15 is 0 Å². The van der Waals surface area contributed by atoms with Crippen molar-refractivity contribution in [1.29, 1.82) is 0 Å². The van der Waals surface area contributed by atoms with Crippen molar-refractivity contribution in [2.45, 2.75) is 60.3 Å². The van der Waals surface area contributed by atoms with Crippen LogP contribution in [0, 0.1) is 5.92 Å². The van der Waals surface area contributed by atoms with Crippen LogP contribution in [-0.4, -0.2) is 24.5 Å². The lowest BCUT2D eigenvalue weighted by molar-refractivity contribution is 0.0729. The smallest absolute Gasteiger partial charge is 0.238 e. The van der Waals surface area contributed by atoms with Crippen LogP contribution in [0.25, 0.3) is 0 Å². The topological polar surface area (TPSA) is 80.4 Å². The Morgan fingerprint density at radius 1 is 1.18 bits per heavy atom. The number of aliphatic hydroxyl groups excluding tert-OH is 1. The van der Waals surface area contributed by atoms with Crippen molar-refractivity contribution >= 4 is 21.6 Å². The summed E-state index contributed by atoms with van der Waals surface area (Å²) in [6.45, 7) is 0. The molecule has 3 atom stereocenters. The number of primary sulfonamides is 1. The number of hydrogen-bond donors (Lipinski definition) is 2. The van der Waals surface area contributed by atoms with Crippen LogP contribution in [-0.2, 0) is 10.0 Å². The van der Waals surface area contributed by atoms with E-state index in [2.05, 4.69) is 0 Å². The number of alkyl halides is 1. The molecule has 122 valence electrons. The van der Waals surface area contributed by atoms with E-state index in [1.54, 1.807) is 12.1 Å². The molecule has 3 N–H and O–H groups in total. The highest BCUT2D eigenvalue weighted by Gasteiger charge is 2.59. The first-order valence-electron chi connectivity index (χ1n) is 7.82. The minimum absolute atomic E-state index is 0.0839. The minimum atomic E-state index is -3.67. The SMILES string of the molecule is NS(=O)(=O)c1ccc(C2CC2(Cl)C(O)C2CCCCC2)cc1. The monoisotopic (exact) mass is 343 g/mol. The molecule has 2 aliphatic rings. The van der Waals surface area contributed by atoms with E-state index in [9.17, 15) is 13.5 Å². The van der Waals surface area contributed by atoms with Gasteiger partial charge in [-0.1, -0.05) is 31.4 Å². The Hall–Kier alpha value is -0.620. The molecule has 0 aliphatic heterocycles. The molecular weight excluding hydrogens is 322 g/mol. The highest BCUT2D eigenvalue weighted by atomic mass is 35.5. The van der Waals surface area contributed by atoms with Crippen molar-refractivity contribution in [3.8, 4) is 0 Å². The maximum atomic E-state index is 11.3. The largest absolute Gasteiger partial charge is 0.391 e. The van der Waals surface area contributed by atoms with Gasteiger partial charge in [-0.3, -0.25) is 0 Å². The number of nitrogens with two attached hydrogens (primary N) is 1. The summed E-state index contributed by atoms with van der Waals surface area (Å²) in [4.78, 5) is -0.490. The molecule has 0 saturated heterocycles. The second-order valence-corrected chi connectivity index (χ2v) is 8.91. The summed E-state index contributed by atoms with van der Waals surface area (Å²) in [5, 5.41) is 15.7. The maximum absolute atomic E-state index is 11.3. The molecule has 0 heterocycles. The normalized spacial score (nSPS) is 31.0. The van der Waals surface area contributed by atoms with Gasteiger partial charge in [0.05, 0.1) is 15.9 Å². The molecule has 0 amide bonds. The van der Waals surface area contributed by atoms with Crippen LogP contribution < -0.4 is 5.14 Å². The molecule has 6 heteroatoms. The molecule has 2 aliphatic carbocycles. The lowest BCUT2D eigenvalue weighted by atomic mass is 9.82. The van der Waals surface area contributed by atoms with Gasteiger partial charge in [0.2, 0.25) is 10.0 Å². The van der Waals surface area contributed by atoms with Crippen LogP contribution in [0.5, 0.6) is 0 Å². The molecule has 0 bridgehead atoms. The molecular formula is C16H22ClNO3S.